The highest BCUT2D eigenvalue weighted by Gasteiger charge is 2.48. The van der Waals surface area contributed by atoms with Crippen LogP contribution in [0.2, 0.25) is 0 Å². The number of carboxylic acids is 1. The van der Waals surface area contributed by atoms with Gasteiger partial charge in [-0.05, 0) is 89.8 Å². The predicted octanol–water partition coefficient (Wildman–Crippen LogP) is 3.48. The van der Waals surface area contributed by atoms with E-state index in [1.165, 1.54) is 37.2 Å². The molecular weight excluding hydrogens is 711 g/mol. The summed E-state index contributed by atoms with van der Waals surface area (Å²) < 4.78 is 24.2. The van der Waals surface area contributed by atoms with Crippen LogP contribution in [0.5, 0.6) is 5.75 Å². The maximum atomic E-state index is 13.6. The minimum absolute atomic E-state index is 0.0177. The lowest BCUT2D eigenvalue weighted by molar-refractivity contribution is -0.271. The van der Waals surface area contributed by atoms with Crippen LogP contribution < -0.4 is 10.1 Å². The zero-order valence-electron chi connectivity index (χ0n) is 33.4. The smallest absolute Gasteiger partial charge is 0.335 e. The Kier molecular flexibility index (Phi) is 17.1. The van der Waals surface area contributed by atoms with Crippen molar-refractivity contribution in [1.29, 1.82) is 0 Å². The maximum absolute atomic E-state index is 13.6. The summed E-state index contributed by atoms with van der Waals surface area (Å²) in [5, 5.41) is 51.8. The number of nitrogens with zero attached hydrogens (tertiary/aromatic N) is 3. The lowest BCUT2D eigenvalue weighted by Gasteiger charge is -2.38. The first-order valence-electron chi connectivity index (χ1n) is 18.7. The third-order valence-corrected chi connectivity index (χ3v) is 9.46. The summed E-state index contributed by atoms with van der Waals surface area (Å²) in [4.78, 5) is 36.6. The van der Waals surface area contributed by atoms with Crippen LogP contribution in [-0.2, 0) is 38.6 Å². The average Bonchev–Trinajstić information content (AvgIpc) is 3.55. The van der Waals surface area contributed by atoms with Crippen LogP contribution in [0.1, 0.15) is 102 Å². The largest absolute Gasteiger partial charge is 0.479 e. The second-order valence-electron chi connectivity index (χ2n) is 15.6. The zero-order valence-corrected chi connectivity index (χ0v) is 33.4. The molecule has 2 heterocycles. The molecule has 0 unspecified atom stereocenters. The molecule has 0 spiro atoms. The van der Waals surface area contributed by atoms with Gasteiger partial charge in [-0.25, -0.2) is 4.79 Å². The Balaban J connectivity index is 1.55. The molecule has 16 heteroatoms. The van der Waals surface area contributed by atoms with E-state index in [9.17, 15) is 34.8 Å². The molecule has 1 fully saturated rings. The number of amides is 1. The lowest BCUT2D eigenvalue weighted by atomic mass is 9.89. The number of aliphatic hydroxyl groups is 3. The second kappa shape index (κ2) is 20.7. The van der Waals surface area contributed by atoms with Gasteiger partial charge in [0.25, 0.3) is 5.91 Å². The molecule has 0 radical (unpaired) electrons. The molecule has 0 bridgehead atoms. The van der Waals surface area contributed by atoms with Crippen LogP contribution in [-0.4, -0.2) is 110 Å². The van der Waals surface area contributed by atoms with Gasteiger partial charge in [-0.1, -0.05) is 48.4 Å². The number of hydrogen-bond donors (Lipinski definition) is 5. The maximum Gasteiger partial charge on any atom is 0.335 e. The molecule has 5 N–H and O–H groups in total. The van der Waals surface area contributed by atoms with E-state index in [4.69, 9.17) is 18.9 Å². The van der Waals surface area contributed by atoms with Crippen LogP contribution in [0.25, 0.3) is 0 Å². The van der Waals surface area contributed by atoms with Crippen molar-refractivity contribution in [2.24, 2.45) is 5.41 Å². The molecule has 304 valence electrons. The molecule has 1 aromatic carbocycles. The monoisotopic (exact) mass is 770 g/mol. The Labute approximate surface area is 324 Å². The summed E-state index contributed by atoms with van der Waals surface area (Å²) in [6.45, 7) is 15.7. The number of hydrogen-bond acceptors (Lipinski definition) is 12. The molecule has 1 amide bonds. The van der Waals surface area contributed by atoms with Gasteiger partial charge in [0.05, 0.1) is 16.9 Å². The molecular formula is C39H59BN4O11. The van der Waals surface area contributed by atoms with E-state index in [0.29, 0.717) is 25.0 Å². The Morgan fingerprint density at radius 3 is 2.45 bits per heavy atom. The third-order valence-electron chi connectivity index (χ3n) is 9.46. The van der Waals surface area contributed by atoms with Gasteiger partial charge in [0.2, 0.25) is 20.0 Å². The Bertz CT molecular complexity index is 1660. The van der Waals surface area contributed by atoms with Gasteiger partial charge >= 0.3 is 5.97 Å². The Hall–Kier alpha value is -4.09. The van der Waals surface area contributed by atoms with Crippen LogP contribution in [0, 0.1) is 5.41 Å². The number of aliphatic hydroxyl groups excluding tert-OH is 3. The minimum atomic E-state index is -1.91. The number of aryl methyl sites for hydroxylation is 1. The highest BCUT2D eigenvalue weighted by Crippen LogP contribution is 2.29. The summed E-state index contributed by atoms with van der Waals surface area (Å²) in [6, 6.07) is 4.33. The highest BCUT2D eigenvalue weighted by atomic mass is 16.7. The van der Waals surface area contributed by atoms with Gasteiger partial charge in [0.1, 0.15) is 30.7 Å². The number of carbonyl (C=O) groups excluding carboxylic acids is 2. The van der Waals surface area contributed by atoms with Gasteiger partial charge < -0.3 is 44.7 Å². The van der Waals surface area contributed by atoms with Crippen molar-refractivity contribution in [2.45, 2.75) is 136 Å². The fourth-order valence-corrected chi connectivity index (χ4v) is 5.84. The van der Waals surface area contributed by atoms with E-state index >= 15 is 0 Å². The summed E-state index contributed by atoms with van der Waals surface area (Å²) >= 11 is 0. The molecule has 15 nitrogen and oxygen atoms in total. The predicted molar refractivity (Wildman–Crippen MR) is 206 cm³/mol. The first-order chi connectivity index (χ1) is 25.8. The molecule has 5 atom stereocenters. The summed E-state index contributed by atoms with van der Waals surface area (Å²) in [6.07, 6.45) is 2.50. The van der Waals surface area contributed by atoms with E-state index in [1.807, 2.05) is 38.6 Å². The molecule has 1 aromatic heterocycles. The van der Waals surface area contributed by atoms with Crippen LogP contribution >= 0.6 is 0 Å². The lowest BCUT2D eigenvalue weighted by Crippen LogP contribution is -2.61. The van der Waals surface area contributed by atoms with Crippen molar-refractivity contribution in [3.63, 3.8) is 0 Å². The topological polar surface area (TPSA) is 212 Å². The first-order valence-corrected chi connectivity index (χ1v) is 18.7. The van der Waals surface area contributed by atoms with E-state index in [1.54, 1.807) is 0 Å². The van der Waals surface area contributed by atoms with Gasteiger partial charge in [0, 0.05) is 32.3 Å². The normalized spacial score (nSPS) is 20.9. The van der Waals surface area contributed by atoms with Crippen LogP contribution in [0.4, 0.5) is 4.79 Å². The number of carboxylic acid groups (broad SMARTS) is 1. The fraction of sp³-hybridized carbons (Fsp3) is 0.615. The number of aliphatic carboxylic acids is 1. The van der Waals surface area contributed by atoms with Crippen LogP contribution in [0.3, 0.4) is 0 Å². The number of benzene rings is 1. The number of aromatic nitrogens is 3. The zero-order chi connectivity index (χ0) is 40.9. The van der Waals surface area contributed by atoms with Crippen molar-refractivity contribution in [3.8, 4) is 5.75 Å². The fourth-order valence-electron chi connectivity index (χ4n) is 5.84. The Morgan fingerprint density at radius 1 is 1.05 bits per heavy atom. The average molecular weight is 771 g/mol. The second-order valence-corrected chi connectivity index (χ2v) is 15.6. The minimum Gasteiger partial charge on any atom is -0.479 e. The molecule has 55 heavy (non-hydrogen) atoms. The summed E-state index contributed by atoms with van der Waals surface area (Å²) in [5.74, 6) is -2.76. The van der Waals surface area contributed by atoms with E-state index in [-0.39, 0.29) is 24.5 Å². The Morgan fingerprint density at radius 2 is 1.78 bits per heavy atom. The molecule has 0 saturated carbocycles. The number of allylic oxidation sites excluding steroid dienone is 4. The van der Waals surface area contributed by atoms with Crippen molar-refractivity contribution in [3.05, 3.63) is 64.5 Å². The number of nitrogens with one attached hydrogen (secondary N) is 1. The molecule has 1 saturated heterocycles. The summed E-state index contributed by atoms with van der Waals surface area (Å²) in [5.41, 5.74) is 3.14. The van der Waals surface area contributed by atoms with Crippen molar-refractivity contribution < 1.29 is 53.8 Å². The van der Waals surface area contributed by atoms with Crippen LogP contribution in [0.15, 0.2) is 47.7 Å². The number of rotatable bonds is 21. The third kappa shape index (κ3) is 14.8. The number of carbonyl (C=O) groups is 3. The van der Waals surface area contributed by atoms with Crippen molar-refractivity contribution in [1.82, 2.24) is 20.3 Å². The summed E-state index contributed by atoms with van der Waals surface area (Å²) in [7, 11) is 1.25. The molecule has 0 aliphatic carbocycles. The van der Waals surface area contributed by atoms with E-state index in [0.717, 1.165) is 37.9 Å². The standard InChI is InChI=1S/C39H59BN4O11/c1-8-24(2)11-9-12-25(3)13-10-17-44-21-27(42-43-44)20-39(6,7)53-18-16-38(4,5)23-41-34(48)28-19-26(22-52-37(40)51)14-15-29(28)54-36-32(47)30(45)31(46)33(55-36)35(49)50/h8,12,14-15,19,21,30-33,36,45-47H,9-11,13,16-18,20,22-23,40H2,1-7H3,(H,41,48)(H,49,50)/b24-8+,25-12+/t30-,31-,32+,33-,36+/m0/s1. The highest BCUT2D eigenvalue weighted by molar-refractivity contribution is 6.55. The van der Waals surface area contributed by atoms with Gasteiger partial charge in [-0.15, -0.1) is 5.10 Å². The van der Waals surface area contributed by atoms with Crippen molar-refractivity contribution in [2.75, 3.05) is 13.2 Å². The van der Waals surface area contributed by atoms with Crippen molar-refractivity contribution >= 4 is 25.6 Å². The van der Waals surface area contributed by atoms with Gasteiger partial charge in [-0.2, -0.15) is 0 Å². The van der Waals surface area contributed by atoms with Gasteiger partial charge in [-0.3, -0.25) is 14.3 Å². The van der Waals surface area contributed by atoms with E-state index in [2.05, 4.69) is 48.6 Å². The SMILES string of the molecule is BC(=O)OCc1ccc(O[C@@H]2O[C@H](C(=O)O)[C@@H](O)[C@H](O)[C@H]2O)c(C(=O)NCC(C)(C)CCOC(C)(C)Cc2cn(CCC/C(C)=C/CC/C(C)=C/C)nn2)c1. The quantitative estimate of drug-likeness (QED) is 0.0911. The van der Waals surface area contributed by atoms with E-state index < -0.39 is 59.5 Å². The number of ether oxygens (including phenoxy) is 4. The van der Waals surface area contributed by atoms with Gasteiger partial charge in [0.15, 0.2) is 6.10 Å². The molecule has 1 aliphatic rings. The first kappa shape index (κ1) is 45.3. The molecule has 2 aromatic rings. The molecule has 1 aliphatic heterocycles. The molecule has 3 rings (SSSR count).